The molecule has 2 aliphatic carbocycles. The Hall–Kier alpha value is -1.34. The first-order chi connectivity index (χ1) is 9.68. The van der Waals surface area contributed by atoms with Crippen LogP contribution in [-0.2, 0) is 10.0 Å². The van der Waals surface area contributed by atoms with Crippen molar-refractivity contribution >= 4 is 15.9 Å². The molecule has 2 saturated carbocycles. The van der Waals surface area contributed by atoms with E-state index in [1.807, 2.05) is 0 Å². The molecule has 21 heavy (non-hydrogen) atoms. The summed E-state index contributed by atoms with van der Waals surface area (Å²) in [7, 11) is -3.78. The van der Waals surface area contributed by atoms with Gasteiger partial charge in [0.2, 0.25) is 10.0 Å². The Morgan fingerprint density at radius 3 is 2.57 bits per heavy atom. The van der Waals surface area contributed by atoms with Crippen LogP contribution in [0.3, 0.4) is 0 Å². The maximum Gasteiger partial charge on any atom is 0.267 e. The van der Waals surface area contributed by atoms with Gasteiger partial charge in [-0.1, -0.05) is 13.8 Å². The summed E-state index contributed by atoms with van der Waals surface area (Å²) in [6, 6.07) is 1.60. The number of carbonyl (C=O) groups excluding carboxylic acids is 1. The van der Waals surface area contributed by atoms with E-state index in [-0.39, 0.29) is 16.8 Å². The van der Waals surface area contributed by atoms with Crippen LogP contribution in [0.1, 0.15) is 49.6 Å². The van der Waals surface area contributed by atoms with Crippen LogP contribution >= 0.6 is 0 Å². The van der Waals surface area contributed by atoms with E-state index < -0.39 is 10.0 Å². The number of nitrogens with two attached hydrogens (primary N) is 1. The number of hydrogen-bond acceptors (Lipinski definition) is 3. The average molecular weight is 311 g/mol. The molecule has 1 atom stereocenters. The molecular weight excluding hydrogens is 290 g/mol. The fourth-order valence-electron chi connectivity index (χ4n) is 2.68. The molecule has 0 aliphatic heterocycles. The lowest BCUT2D eigenvalue weighted by Gasteiger charge is -2.09. The van der Waals surface area contributed by atoms with Crippen molar-refractivity contribution in [2.75, 3.05) is 6.54 Å². The third kappa shape index (κ3) is 2.98. The number of amides is 1. The van der Waals surface area contributed by atoms with Gasteiger partial charge in [-0.25, -0.2) is 13.6 Å². The normalized spacial score (nSPS) is 23.9. The summed E-state index contributed by atoms with van der Waals surface area (Å²) >= 11 is 0. The Morgan fingerprint density at radius 1 is 1.48 bits per heavy atom. The van der Waals surface area contributed by atoms with Gasteiger partial charge in [0.05, 0.1) is 0 Å². The molecule has 0 spiro atoms. The molecule has 6 nitrogen and oxygen atoms in total. The molecule has 7 heteroatoms. The highest BCUT2D eigenvalue weighted by molar-refractivity contribution is 7.89. The largest absolute Gasteiger partial charge is 0.350 e. The third-order valence-corrected chi connectivity index (χ3v) is 5.43. The van der Waals surface area contributed by atoms with Crippen LogP contribution in [0, 0.1) is 11.3 Å². The zero-order chi connectivity index (χ0) is 15.4. The maximum absolute atomic E-state index is 12.3. The monoisotopic (exact) mass is 311 g/mol. The molecule has 3 rings (SSSR count). The highest BCUT2D eigenvalue weighted by Gasteiger charge is 2.45. The molecule has 0 aromatic carbocycles. The van der Waals surface area contributed by atoms with E-state index >= 15 is 0 Å². The second-order valence-electron chi connectivity index (χ2n) is 6.84. The maximum atomic E-state index is 12.3. The van der Waals surface area contributed by atoms with Crippen LogP contribution in [0.25, 0.3) is 0 Å². The Labute approximate surface area is 124 Å². The van der Waals surface area contributed by atoms with E-state index in [2.05, 4.69) is 19.2 Å². The van der Waals surface area contributed by atoms with E-state index in [1.54, 1.807) is 4.57 Å². The van der Waals surface area contributed by atoms with Gasteiger partial charge in [0, 0.05) is 18.8 Å². The Bertz CT molecular complexity index is 686. The summed E-state index contributed by atoms with van der Waals surface area (Å²) in [6.07, 6.45) is 4.52. The number of primary sulfonamides is 1. The van der Waals surface area contributed by atoms with Crippen LogP contribution in [0.15, 0.2) is 17.2 Å². The number of rotatable bonds is 5. The molecule has 2 fully saturated rings. The fraction of sp³-hybridized carbons (Fsp3) is 0.643. The molecule has 1 heterocycles. The standard InChI is InChI=1S/C14H21N3O3S/c1-14(2)6-9(14)7-16-13(18)12-5-11(21(15,19)20)8-17(12)10-3-4-10/h5,8-10H,3-4,6-7H2,1-2H3,(H,16,18)(H2,15,19,20). The predicted molar refractivity (Wildman–Crippen MR) is 78.3 cm³/mol. The topological polar surface area (TPSA) is 94.2 Å². The minimum atomic E-state index is -3.78. The smallest absolute Gasteiger partial charge is 0.267 e. The van der Waals surface area contributed by atoms with Crippen molar-refractivity contribution in [2.24, 2.45) is 16.5 Å². The van der Waals surface area contributed by atoms with Crippen LogP contribution in [0.2, 0.25) is 0 Å². The lowest BCUT2D eigenvalue weighted by molar-refractivity contribution is 0.0941. The van der Waals surface area contributed by atoms with Crippen molar-refractivity contribution in [3.8, 4) is 0 Å². The quantitative estimate of drug-likeness (QED) is 0.856. The van der Waals surface area contributed by atoms with Crippen LogP contribution < -0.4 is 10.5 Å². The molecule has 1 amide bonds. The second kappa shape index (κ2) is 4.58. The van der Waals surface area contributed by atoms with Crippen LogP contribution in [0.5, 0.6) is 0 Å². The molecule has 3 N–H and O–H groups in total. The lowest BCUT2D eigenvalue weighted by atomic mass is 10.1. The van der Waals surface area contributed by atoms with Crippen molar-refractivity contribution in [3.05, 3.63) is 18.0 Å². The summed E-state index contributed by atoms with van der Waals surface area (Å²) < 4.78 is 24.7. The lowest BCUT2D eigenvalue weighted by Crippen LogP contribution is -2.28. The number of nitrogens with one attached hydrogen (secondary N) is 1. The van der Waals surface area contributed by atoms with Crippen molar-refractivity contribution in [1.82, 2.24) is 9.88 Å². The van der Waals surface area contributed by atoms with Gasteiger partial charge in [-0.05, 0) is 36.7 Å². The molecule has 2 aliphatic rings. The third-order valence-electron chi connectivity index (χ3n) is 4.55. The van der Waals surface area contributed by atoms with E-state index in [4.69, 9.17) is 5.14 Å². The first-order valence-electron chi connectivity index (χ1n) is 7.21. The molecule has 1 aromatic rings. The van der Waals surface area contributed by atoms with E-state index in [0.29, 0.717) is 23.6 Å². The number of hydrogen-bond donors (Lipinski definition) is 2. The summed E-state index contributed by atoms with van der Waals surface area (Å²) in [4.78, 5) is 12.3. The van der Waals surface area contributed by atoms with Gasteiger partial charge in [-0.15, -0.1) is 0 Å². The summed E-state index contributed by atoms with van der Waals surface area (Å²) in [5.74, 6) is 0.281. The fourth-order valence-corrected chi connectivity index (χ4v) is 3.21. The predicted octanol–water partition coefficient (Wildman–Crippen LogP) is 1.25. The molecule has 0 saturated heterocycles. The Balaban J connectivity index is 1.77. The SMILES string of the molecule is CC1(C)CC1CNC(=O)c1cc(S(N)(=O)=O)cn1C1CC1. The van der Waals surface area contributed by atoms with Gasteiger partial charge < -0.3 is 9.88 Å². The van der Waals surface area contributed by atoms with E-state index in [0.717, 1.165) is 19.3 Å². The minimum absolute atomic E-state index is 0.00583. The highest BCUT2D eigenvalue weighted by Crippen LogP contribution is 2.51. The minimum Gasteiger partial charge on any atom is -0.350 e. The first kappa shape index (κ1) is 14.6. The van der Waals surface area contributed by atoms with Gasteiger partial charge >= 0.3 is 0 Å². The van der Waals surface area contributed by atoms with E-state index in [9.17, 15) is 13.2 Å². The van der Waals surface area contributed by atoms with Crippen LogP contribution in [0.4, 0.5) is 0 Å². The molecular formula is C14H21N3O3S. The van der Waals surface area contributed by atoms with Crippen molar-refractivity contribution < 1.29 is 13.2 Å². The molecule has 116 valence electrons. The Morgan fingerprint density at radius 2 is 2.10 bits per heavy atom. The van der Waals surface area contributed by atoms with Gasteiger partial charge in [0.15, 0.2) is 0 Å². The van der Waals surface area contributed by atoms with Gasteiger partial charge in [0.25, 0.3) is 5.91 Å². The van der Waals surface area contributed by atoms with Crippen LogP contribution in [-0.4, -0.2) is 25.4 Å². The van der Waals surface area contributed by atoms with Crippen molar-refractivity contribution in [2.45, 2.75) is 44.0 Å². The van der Waals surface area contributed by atoms with Gasteiger partial charge in [-0.3, -0.25) is 4.79 Å². The number of carbonyl (C=O) groups is 1. The van der Waals surface area contributed by atoms with Gasteiger partial charge in [-0.2, -0.15) is 0 Å². The first-order valence-corrected chi connectivity index (χ1v) is 8.76. The number of aromatic nitrogens is 1. The summed E-state index contributed by atoms with van der Waals surface area (Å²) in [5, 5.41) is 8.06. The number of nitrogens with zero attached hydrogens (tertiary/aromatic N) is 1. The molecule has 1 unspecified atom stereocenters. The van der Waals surface area contributed by atoms with Crippen molar-refractivity contribution in [1.29, 1.82) is 0 Å². The zero-order valence-corrected chi connectivity index (χ0v) is 13.1. The van der Waals surface area contributed by atoms with Crippen molar-refractivity contribution in [3.63, 3.8) is 0 Å². The molecule has 1 aromatic heterocycles. The Kier molecular flexibility index (Phi) is 3.18. The highest BCUT2D eigenvalue weighted by atomic mass is 32.2. The molecule has 0 radical (unpaired) electrons. The van der Waals surface area contributed by atoms with E-state index in [1.165, 1.54) is 12.3 Å². The average Bonchev–Trinajstić information content (AvgIpc) is 3.25. The summed E-state index contributed by atoms with van der Waals surface area (Å²) in [6.45, 7) is 4.98. The second-order valence-corrected chi connectivity index (χ2v) is 8.41. The molecule has 0 bridgehead atoms. The zero-order valence-electron chi connectivity index (χ0n) is 12.3. The summed E-state index contributed by atoms with van der Waals surface area (Å²) in [5.41, 5.74) is 0.692. The number of sulfonamides is 1. The van der Waals surface area contributed by atoms with Gasteiger partial charge in [0.1, 0.15) is 10.6 Å².